The van der Waals surface area contributed by atoms with E-state index in [-0.39, 0.29) is 32.4 Å². The van der Waals surface area contributed by atoms with Crippen molar-refractivity contribution in [2.75, 3.05) is 31.6 Å². The monoisotopic (exact) mass is 668 g/mol. The average Bonchev–Trinajstić information content (AvgIpc) is 3.40. The lowest BCUT2D eigenvalue weighted by Gasteiger charge is -2.24. The number of aliphatic carboxylic acids is 2. The molecule has 0 saturated heterocycles. The third-order valence-corrected chi connectivity index (χ3v) is 11.4. The van der Waals surface area contributed by atoms with Crippen LogP contribution in [0.1, 0.15) is 4.88 Å². The third-order valence-electron chi connectivity index (χ3n) is 6.20. The minimum Gasteiger partial charge on any atom is -0.497 e. The van der Waals surface area contributed by atoms with Crippen LogP contribution in [-0.2, 0) is 36.2 Å². The largest absolute Gasteiger partial charge is 0.497 e. The van der Waals surface area contributed by atoms with Crippen LogP contribution in [0.5, 0.6) is 11.5 Å². The molecule has 16 heteroatoms. The standard InChI is InChI=1S/C27H25ClN2O10S3/c1-39-17-3-7-20(8-4-17)42(35,36)29(15-25(31)32)14-19-13-22-24(12-11-23(28)27(22)41-19)30(16-26(33)34)43(37,38)21-9-5-18(40-2)6-10-21/h3-13H,14-16H2,1-2H3,(H,31,32)(H,33,34). The number of nitrogens with zero attached hydrogens (tertiary/aromatic N) is 2. The van der Waals surface area contributed by atoms with Gasteiger partial charge in [0.25, 0.3) is 10.0 Å². The summed E-state index contributed by atoms with van der Waals surface area (Å²) in [6.07, 6.45) is 0. The minimum absolute atomic E-state index is 0.0112. The number of carboxylic acid groups (broad SMARTS) is 2. The van der Waals surface area contributed by atoms with Crippen molar-refractivity contribution in [1.82, 2.24) is 4.31 Å². The van der Waals surface area contributed by atoms with Crippen LogP contribution in [0.4, 0.5) is 5.69 Å². The lowest BCUT2D eigenvalue weighted by atomic mass is 10.2. The van der Waals surface area contributed by atoms with E-state index in [1.807, 2.05) is 0 Å². The van der Waals surface area contributed by atoms with E-state index in [0.717, 1.165) is 19.9 Å². The van der Waals surface area contributed by atoms with Crippen molar-refractivity contribution in [2.24, 2.45) is 0 Å². The van der Waals surface area contributed by atoms with Crippen molar-refractivity contribution in [2.45, 2.75) is 16.3 Å². The van der Waals surface area contributed by atoms with E-state index in [4.69, 9.17) is 21.1 Å². The Labute approximate surface area is 256 Å². The fourth-order valence-corrected chi connectivity index (χ4v) is 8.43. The molecule has 0 aliphatic heterocycles. The zero-order chi connectivity index (χ0) is 31.5. The highest BCUT2D eigenvalue weighted by molar-refractivity contribution is 7.93. The van der Waals surface area contributed by atoms with Crippen LogP contribution in [0.2, 0.25) is 5.02 Å². The van der Waals surface area contributed by atoms with Crippen molar-refractivity contribution in [3.8, 4) is 11.5 Å². The molecule has 4 rings (SSSR count). The van der Waals surface area contributed by atoms with Gasteiger partial charge in [-0.25, -0.2) is 16.8 Å². The molecule has 0 spiro atoms. The normalized spacial score (nSPS) is 11.9. The van der Waals surface area contributed by atoms with Gasteiger partial charge >= 0.3 is 11.9 Å². The number of carbonyl (C=O) groups is 2. The molecule has 0 amide bonds. The summed E-state index contributed by atoms with van der Waals surface area (Å²) < 4.78 is 66.2. The van der Waals surface area contributed by atoms with Gasteiger partial charge in [0.2, 0.25) is 10.0 Å². The second-order valence-electron chi connectivity index (χ2n) is 8.95. The van der Waals surface area contributed by atoms with Gasteiger partial charge in [0.05, 0.1) is 39.4 Å². The van der Waals surface area contributed by atoms with Gasteiger partial charge < -0.3 is 19.7 Å². The minimum atomic E-state index is -4.41. The molecule has 43 heavy (non-hydrogen) atoms. The van der Waals surface area contributed by atoms with Crippen molar-refractivity contribution < 1.29 is 46.1 Å². The number of benzene rings is 3. The van der Waals surface area contributed by atoms with Crippen molar-refractivity contribution in [1.29, 1.82) is 0 Å². The Balaban J connectivity index is 1.80. The number of hydrogen-bond donors (Lipinski definition) is 2. The molecule has 0 bridgehead atoms. The molecule has 0 aliphatic carbocycles. The maximum Gasteiger partial charge on any atom is 0.324 e. The molecule has 0 atom stereocenters. The summed E-state index contributed by atoms with van der Waals surface area (Å²) in [7, 11) is -5.87. The molecule has 12 nitrogen and oxygen atoms in total. The van der Waals surface area contributed by atoms with Crippen LogP contribution in [-0.4, -0.2) is 70.6 Å². The first kappa shape index (κ1) is 32.0. The predicted molar refractivity (Wildman–Crippen MR) is 160 cm³/mol. The Morgan fingerprint density at radius 1 is 0.791 bits per heavy atom. The summed E-state index contributed by atoms with van der Waals surface area (Å²) in [5.41, 5.74) is -0.0112. The average molecular weight is 669 g/mol. The number of halogens is 1. The van der Waals surface area contributed by atoms with Gasteiger partial charge in [0, 0.05) is 16.8 Å². The lowest BCUT2D eigenvalue weighted by molar-refractivity contribution is -0.137. The lowest BCUT2D eigenvalue weighted by Crippen LogP contribution is -2.35. The molecule has 0 fully saturated rings. The Kier molecular flexibility index (Phi) is 9.51. The Hall–Kier alpha value is -3.89. The molecular weight excluding hydrogens is 644 g/mol. The number of sulfonamides is 2. The number of ether oxygens (including phenoxy) is 2. The maximum atomic E-state index is 13.7. The molecule has 0 unspecified atom stereocenters. The fourth-order valence-electron chi connectivity index (χ4n) is 4.17. The van der Waals surface area contributed by atoms with Crippen LogP contribution < -0.4 is 13.8 Å². The Morgan fingerprint density at radius 3 is 1.79 bits per heavy atom. The number of carboxylic acids is 2. The van der Waals surface area contributed by atoms with Crippen molar-refractivity contribution >= 4 is 70.7 Å². The topological polar surface area (TPSA) is 168 Å². The fraction of sp³-hybridized carbons (Fsp3) is 0.185. The van der Waals surface area contributed by atoms with E-state index in [1.54, 1.807) is 0 Å². The van der Waals surface area contributed by atoms with E-state index in [0.29, 0.717) is 21.1 Å². The third kappa shape index (κ3) is 6.86. The van der Waals surface area contributed by atoms with Crippen molar-refractivity contribution in [3.05, 3.63) is 76.6 Å². The van der Waals surface area contributed by atoms with Crippen molar-refractivity contribution in [3.63, 3.8) is 0 Å². The van der Waals surface area contributed by atoms with E-state index < -0.39 is 45.1 Å². The number of methoxy groups -OCH3 is 2. The Bertz CT molecular complexity index is 1870. The number of fused-ring (bicyclic) bond motifs is 1. The maximum absolute atomic E-state index is 13.7. The molecule has 2 N–H and O–H groups in total. The van der Waals surface area contributed by atoms with Crippen LogP contribution in [0.25, 0.3) is 10.1 Å². The Morgan fingerprint density at radius 2 is 1.30 bits per heavy atom. The smallest absolute Gasteiger partial charge is 0.324 e. The highest BCUT2D eigenvalue weighted by Crippen LogP contribution is 2.40. The van der Waals surface area contributed by atoms with E-state index in [1.165, 1.54) is 80.9 Å². The van der Waals surface area contributed by atoms with Gasteiger partial charge in [0.1, 0.15) is 24.6 Å². The summed E-state index contributed by atoms with van der Waals surface area (Å²) in [4.78, 5) is 23.5. The summed E-state index contributed by atoms with van der Waals surface area (Å²) >= 11 is 7.45. The van der Waals surface area contributed by atoms with Gasteiger partial charge in [-0.2, -0.15) is 4.31 Å². The summed E-state index contributed by atoms with van der Waals surface area (Å²) in [6, 6.07) is 15.1. The molecule has 0 radical (unpaired) electrons. The van der Waals surface area contributed by atoms with E-state index in [2.05, 4.69) is 0 Å². The first-order valence-electron chi connectivity index (χ1n) is 12.2. The van der Waals surface area contributed by atoms with E-state index >= 15 is 0 Å². The summed E-state index contributed by atoms with van der Waals surface area (Å²) in [5.74, 6) is -2.01. The molecular formula is C27H25ClN2O10S3. The number of anilines is 1. The summed E-state index contributed by atoms with van der Waals surface area (Å²) in [5, 5.41) is 19.5. The van der Waals surface area contributed by atoms with Gasteiger partial charge in [-0.15, -0.1) is 11.3 Å². The highest BCUT2D eigenvalue weighted by Gasteiger charge is 2.31. The second kappa shape index (κ2) is 12.8. The molecule has 228 valence electrons. The molecule has 1 heterocycles. The van der Waals surface area contributed by atoms with Gasteiger partial charge in [-0.3, -0.25) is 13.9 Å². The highest BCUT2D eigenvalue weighted by atomic mass is 35.5. The zero-order valence-corrected chi connectivity index (χ0v) is 25.8. The molecule has 0 aliphatic rings. The van der Waals surface area contributed by atoms with Gasteiger partial charge in [-0.05, 0) is 66.7 Å². The first-order chi connectivity index (χ1) is 20.3. The molecule has 3 aromatic carbocycles. The van der Waals surface area contributed by atoms with E-state index in [9.17, 15) is 36.6 Å². The van der Waals surface area contributed by atoms with Gasteiger partial charge in [-0.1, -0.05) is 11.6 Å². The molecule has 4 aromatic rings. The first-order valence-corrected chi connectivity index (χ1v) is 16.3. The SMILES string of the molecule is COc1ccc(S(=O)(=O)N(CC(=O)O)Cc2cc3c(N(CC(=O)O)S(=O)(=O)c4ccc(OC)cc4)ccc(Cl)c3s2)cc1. The quantitative estimate of drug-likeness (QED) is 0.211. The zero-order valence-electron chi connectivity index (χ0n) is 22.6. The summed E-state index contributed by atoms with van der Waals surface area (Å²) in [6.45, 7) is -2.17. The number of rotatable bonds is 13. The second-order valence-corrected chi connectivity index (χ2v) is 14.3. The predicted octanol–water partition coefficient (Wildman–Crippen LogP) is 4.13. The van der Waals surface area contributed by atoms with Crippen LogP contribution in [0, 0.1) is 0 Å². The van der Waals surface area contributed by atoms with Crippen LogP contribution in [0.3, 0.4) is 0 Å². The molecule has 1 aromatic heterocycles. The van der Waals surface area contributed by atoms with Crippen LogP contribution in [0.15, 0.2) is 76.5 Å². The number of hydrogen-bond acceptors (Lipinski definition) is 9. The number of thiophene rings is 1. The van der Waals surface area contributed by atoms with Crippen LogP contribution >= 0.6 is 22.9 Å². The van der Waals surface area contributed by atoms with Gasteiger partial charge in [0.15, 0.2) is 0 Å². The molecule has 0 saturated carbocycles.